The van der Waals surface area contributed by atoms with Crippen LogP contribution in [-0.4, -0.2) is 68.8 Å². The van der Waals surface area contributed by atoms with Gasteiger partial charge in [-0.25, -0.2) is 9.59 Å². The van der Waals surface area contributed by atoms with E-state index in [1.807, 2.05) is 13.8 Å². The fourth-order valence-corrected chi connectivity index (χ4v) is 4.18. The molecule has 0 heterocycles. The maximum absolute atomic E-state index is 11.5. The van der Waals surface area contributed by atoms with Crippen LogP contribution in [0.2, 0.25) is 0 Å². The lowest BCUT2D eigenvalue weighted by Gasteiger charge is -2.23. The summed E-state index contributed by atoms with van der Waals surface area (Å²) in [6, 6.07) is 6.78. The van der Waals surface area contributed by atoms with Crippen molar-refractivity contribution in [3.8, 4) is 11.5 Å². The second-order valence-corrected chi connectivity index (χ2v) is 8.67. The number of carboxylic acids is 2. The third-order valence-electron chi connectivity index (χ3n) is 5.68. The van der Waals surface area contributed by atoms with Crippen LogP contribution in [0.3, 0.4) is 0 Å². The van der Waals surface area contributed by atoms with Crippen molar-refractivity contribution in [3.63, 3.8) is 0 Å². The van der Waals surface area contributed by atoms with Gasteiger partial charge in [0.05, 0.1) is 13.2 Å². The van der Waals surface area contributed by atoms with E-state index in [0.717, 1.165) is 11.1 Å². The number of aryl methyl sites for hydroxylation is 2. The van der Waals surface area contributed by atoms with Crippen LogP contribution in [0.25, 0.3) is 0 Å². The average molecular weight is 479 g/mol. The normalized spacial score (nSPS) is 12.9. The summed E-state index contributed by atoms with van der Waals surface area (Å²) in [5.41, 5.74) is 3.36. The monoisotopic (exact) mass is 478 g/mol. The molecule has 0 fully saturated rings. The molecule has 0 aromatic heterocycles. The summed E-state index contributed by atoms with van der Waals surface area (Å²) in [4.78, 5) is 24.1. The Balaban J connectivity index is 2.23. The van der Waals surface area contributed by atoms with Gasteiger partial charge >= 0.3 is 11.9 Å². The predicted octanol–water partition coefficient (Wildman–Crippen LogP) is -1.66. The second-order valence-electron chi connectivity index (χ2n) is 8.67. The molecule has 0 aliphatic heterocycles. The third-order valence-corrected chi connectivity index (χ3v) is 5.68. The molecule has 10 nitrogen and oxygen atoms in total. The minimum absolute atomic E-state index is 0.0769. The minimum atomic E-state index is -1.03. The number of carbonyl (C=O) groups is 2. The number of aliphatic hydroxyl groups excluding tert-OH is 2. The van der Waals surface area contributed by atoms with Gasteiger partial charge in [-0.2, -0.15) is 0 Å². The molecule has 2 rings (SSSR count). The van der Waals surface area contributed by atoms with Crippen LogP contribution in [0.1, 0.15) is 33.4 Å². The van der Waals surface area contributed by atoms with Gasteiger partial charge in [0, 0.05) is 22.3 Å². The molecule has 0 saturated heterocycles. The number of hydrogen-bond acceptors (Lipinski definition) is 6. The van der Waals surface area contributed by atoms with E-state index < -0.39 is 11.9 Å². The largest absolute Gasteiger partial charge is 0.507 e. The lowest BCUT2D eigenvalue weighted by atomic mass is 10.0. The molecular formula is C24H34N2O8+2. The molecule has 2 unspecified atom stereocenters. The highest BCUT2D eigenvalue weighted by Crippen LogP contribution is 2.25. The van der Waals surface area contributed by atoms with Crippen molar-refractivity contribution in [2.45, 2.75) is 40.2 Å². The Morgan fingerprint density at radius 1 is 0.676 bits per heavy atom. The molecule has 8 N–H and O–H groups in total. The molecule has 0 bridgehead atoms. The third kappa shape index (κ3) is 7.70. The number of quaternary nitrogens is 2. The fourth-order valence-electron chi connectivity index (χ4n) is 4.18. The predicted molar refractivity (Wildman–Crippen MR) is 122 cm³/mol. The minimum Gasteiger partial charge on any atom is -0.507 e. The molecule has 186 valence electrons. The van der Waals surface area contributed by atoms with E-state index in [1.54, 1.807) is 24.3 Å². The van der Waals surface area contributed by atoms with E-state index in [-0.39, 0.29) is 64.0 Å². The summed E-state index contributed by atoms with van der Waals surface area (Å²) in [6.45, 7) is 3.38. The van der Waals surface area contributed by atoms with Crippen LogP contribution in [0, 0.1) is 13.8 Å². The number of carboxylic acid groups (broad SMARTS) is 2. The maximum atomic E-state index is 11.5. The van der Waals surface area contributed by atoms with E-state index in [0.29, 0.717) is 32.1 Å². The molecule has 0 saturated carbocycles. The maximum Gasteiger partial charge on any atom is 0.359 e. The van der Waals surface area contributed by atoms with Crippen molar-refractivity contribution in [2.24, 2.45) is 0 Å². The molecule has 0 amide bonds. The van der Waals surface area contributed by atoms with Gasteiger partial charge < -0.3 is 40.4 Å². The Kier molecular flexibility index (Phi) is 9.82. The van der Waals surface area contributed by atoms with Crippen molar-refractivity contribution in [3.05, 3.63) is 57.6 Å². The number of hydrogen-bond donors (Lipinski definition) is 8. The van der Waals surface area contributed by atoms with Crippen LogP contribution in [-0.2, 0) is 35.9 Å². The van der Waals surface area contributed by atoms with Gasteiger partial charge in [0.2, 0.25) is 0 Å². The zero-order valence-corrected chi connectivity index (χ0v) is 19.5. The van der Waals surface area contributed by atoms with Crippen LogP contribution >= 0.6 is 0 Å². The van der Waals surface area contributed by atoms with Gasteiger partial charge in [0.15, 0.2) is 13.1 Å². The van der Waals surface area contributed by atoms with Crippen LogP contribution in [0.15, 0.2) is 24.3 Å². The number of benzene rings is 2. The number of aliphatic hydroxyl groups is 2. The highest BCUT2D eigenvalue weighted by molar-refractivity contribution is 5.68. The smallest absolute Gasteiger partial charge is 0.359 e. The second kappa shape index (κ2) is 12.3. The van der Waals surface area contributed by atoms with E-state index in [4.69, 9.17) is 0 Å². The highest BCUT2D eigenvalue weighted by Gasteiger charge is 2.23. The van der Waals surface area contributed by atoms with Gasteiger partial charge in [-0.3, -0.25) is 0 Å². The zero-order valence-electron chi connectivity index (χ0n) is 19.5. The van der Waals surface area contributed by atoms with Crippen molar-refractivity contribution in [1.82, 2.24) is 0 Å². The summed E-state index contributed by atoms with van der Waals surface area (Å²) in [5.74, 6) is -2.22. The van der Waals surface area contributed by atoms with Gasteiger partial charge in [-0.15, -0.1) is 0 Å². The molecule has 0 aliphatic carbocycles. The van der Waals surface area contributed by atoms with E-state index in [1.165, 1.54) is 0 Å². The van der Waals surface area contributed by atoms with Crippen molar-refractivity contribution in [1.29, 1.82) is 0 Å². The van der Waals surface area contributed by atoms with Crippen molar-refractivity contribution < 1.29 is 50.0 Å². The first kappa shape index (κ1) is 27.1. The summed E-state index contributed by atoms with van der Waals surface area (Å²) >= 11 is 0. The van der Waals surface area contributed by atoms with Gasteiger partial charge in [-0.1, -0.05) is 23.3 Å². The SMILES string of the molecule is Cc1cc(CO)c(O)c(C[NH+](CC[NH+](CC(=O)O)Cc2cc(C)cc(CO)c2O)CC(=O)O)c1. The number of phenols is 2. The first-order valence-electron chi connectivity index (χ1n) is 11.0. The summed E-state index contributed by atoms with van der Waals surface area (Å²) < 4.78 is 0. The molecular weight excluding hydrogens is 444 g/mol. The Morgan fingerprint density at radius 2 is 1.00 bits per heavy atom. The van der Waals surface area contributed by atoms with Crippen LogP contribution in [0.4, 0.5) is 0 Å². The first-order chi connectivity index (χ1) is 16.0. The summed E-state index contributed by atoms with van der Waals surface area (Å²) in [6.07, 6.45) is 0. The number of nitrogens with one attached hydrogen (secondary N) is 2. The topological polar surface area (TPSA) is 164 Å². The average Bonchev–Trinajstić information content (AvgIpc) is 2.75. The Bertz CT molecular complexity index is 943. The molecule has 10 heteroatoms. The lowest BCUT2D eigenvalue weighted by Crippen LogP contribution is -3.20. The van der Waals surface area contributed by atoms with E-state index in [9.17, 15) is 40.2 Å². The van der Waals surface area contributed by atoms with Crippen molar-refractivity contribution in [2.75, 3.05) is 26.2 Å². The Hall–Kier alpha value is -3.18. The lowest BCUT2D eigenvalue weighted by molar-refractivity contribution is -0.964. The molecule has 2 aromatic carbocycles. The number of aromatic hydroxyl groups is 2. The van der Waals surface area contributed by atoms with Gasteiger partial charge in [0.25, 0.3) is 0 Å². The van der Waals surface area contributed by atoms with Crippen LogP contribution in [0.5, 0.6) is 11.5 Å². The highest BCUT2D eigenvalue weighted by atomic mass is 16.4. The number of rotatable bonds is 13. The summed E-state index contributed by atoms with van der Waals surface area (Å²) in [7, 11) is 0. The van der Waals surface area contributed by atoms with Gasteiger partial charge in [-0.05, 0) is 26.0 Å². The van der Waals surface area contributed by atoms with E-state index in [2.05, 4.69) is 0 Å². The quantitative estimate of drug-likeness (QED) is 0.169. The van der Waals surface area contributed by atoms with Crippen LogP contribution < -0.4 is 9.80 Å². The molecule has 0 radical (unpaired) electrons. The fraction of sp³-hybridized carbons (Fsp3) is 0.417. The molecule has 34 heavy (non-hydrogen) atoms. The summed E-state index contributed by atoms with van der Waals surface area (Å²) in [5, 5.41) is 58.6. The zero-order chi connectivity index (χ0) is 25.4. The first-order valence-corrected chi connectivity index (χ1v) is 11.0. The standard InChI is InChI=1S/C24H32N2O8/c1-15-5-17(23(33)19(7-15)13-27)9-25(11-21(29)30)3-4-26(12-22(31)32)10-18-6-16(2)8-20(14-28)24(18)34/h5-8,27-28,33-34H,3-4,9-14H2,1-2H3,(H,29,30)(H,31,32)/p+2. The molecule has 2 aromatic rings. The van der Waals surface area contributed by atoms with Gasteiger partial charge in [0.1, 0.15) is 37.7 Å². The number of aliphatic carboxylic acids is 2. The molecule has 0 spiro atoms. The van der Waals surface area contributed by atoms with E-state index >= 15 is 0 Å². The molecule has 0 aliphatic rings. The Morgan fingerprint density at radius 3 is 1.29 bits per heavy atom. The Labute approximate surface area is 197 Å². The van der Waals surface area contributed by atoms with Crippen molar-refractivity contribution >= 4 is 11.9 Å². The molecule has 2 atom stereocenters.